The Labute approximate surface area is 168 Å². The van der Waals surface area contributed by atoms with Crippen molar-refractivity contribution in [3.05, 3.63) is 29.3 Å². The van der Waals surface area contributed by atoms with Crippen LogP contribution < -0.4 is 10.2 Å². The number of anilines is 1. The first-order valence-electron chi connectivity index (χ1n) is 10.1. The fourth-order valence-electron chi connectivity index (χ4n) is 3.33. The van der Waals surface area contributed by atoms with Gasteiger partial charge in [-0.25, -0.2) is 0 Å². The van der Waals surface area contributed by atoms with Crippen LogP contribution in [0, 0.1) is 31.1 Å². The molecular formula is C22H32N4O2. The quantitative estimate of drug-likeness (QED) is 0.784. The van der Waals surface area contributed by atoms with Crippen LogP contribution in [-0.2, 0) is 9.59 Å². The van der Waals surface area contributed by atoms with E-state index in [1.165, 1.54) is 5.56 Å². The molecule has 152 valence electrons. The normalized spacial score (nSPS) is 15.3. The molecule has 0 bridgehead atoms. The highest BCUT2D eigenvalue weighted by Crippen LogP contribution is 2.20. The molecule has 0 spiro atoms. The number of nitrogens with zero attached hydrogens (tertiary/aromatic N) is 3. The molecule has 2 rings (SSSR count). The average Bonchev–Trinajstić information content (AvgIpc) is 2.66. The standard InChI is InChI=1S/C22H32N4O2/c1-16(2)22(28)24-19-8-12-25(13-9-19)15-21(27)26(11-5-10-23)20-7-6-17(3)18(4)14-20/h6-7,14,16,19H,5,8-9,11-13,15H2,1-4H3,(H,24,28). The molecule has 6 heteroatoms. The van der Waals surface area contributed by atoms with Crippen molar-refractivity contribution in [2.75, 3.05) is 31.1 Å². The third-order valence-corrected chi connectivity index (χ3v) is 5.37. The predicted octanol–water partition coefficient (Wildman–Crippen LogP) is 2.79. The molecule has 1 N–H and O–H groups in total. The van der Waals surface area contributed by atoms with Gasteiger partial charge in [-0.1, -0.05) is 19.9 Å². The number of likely N-dealkylation sites (tertiary alicyclic amines) is 1. The zero-order valence-corrected chi connectivity index (χ0v) is 17.5. The maximum atomic E-state index is 13.0. The lowest BCUT2D eigenvalue weighted by Crippen LogP contribution is -2.48. The van der Waals surface area contributed by atoms with Crippen LogP contribution in [0.15, 0.2) is 18.2 Å². The molecular weight excluding hydrogens is 352 g/mol. The fraction of sp³-hybridized carbons (Fsp3) is 0.591. The largest absolute Gasteiger partial charge is 0.353 e. The molecule has 1 fully saturated rings. The lowest BCUT2D eigenvalue weighted by Gasteiger charge is -2.33. The lowest BCUT2D eigenvalue weighted by molar-refractivity contribution is -0.125. The van der Waals surface area contributed by atoms with Gasteiger partial charge >= 0.3 is 0 Å². The molecule has 0 saturated carbocycles. The predicted molar refractivity (Wildman–Crippen MR) is 111 cm³/mol. The molecule has 2 amide bonds. The van der Waals surface area contributed by atoms with E-state index in [2.05, 4.69) is 16.3 Å². The minimum absolute atomic E-state index is 0.00809. The Balaban J connectivity index is 1.96. The molecule has 1 aliphatic rings. The summed E-state index contributed by atoms with van der Waals surface area (Å²) in [6.07, 6.45) is 2.02. The third kappa shape index (κ3) is 6.07. The Morgan fingerprint density at radius 2 is 1.93 bits per heavy atom. The van der Waals surface area contributed by atoms with Gasteiger partial charge in [0.1, 0.15) is 0 Å². The van der Waals surface area contributed by atoms with Crippen molar-refractivity contribution in [3.8, 4) is 6.07 Å². The Morgan fingerprint density at radius 3 is 2.50 bits per heavy atom. The topological polar surface area (TPSA) is 76.4 Å². The van der Waals surface area contributed by atoms with Gasteiger partial charge in [-0.05, 0) is 49.9 Å². The van der Waals surface area contributed by atoms with Gasteiger partial charge in [0.2, 0.25) is 11.8 Å². The molecule has 0 radical (unpaired) electrons. The number of carbonyl (C=O) groups excluding carboxylic acids is 2. The Kier molecular flexibility index (Phi) is 8.01. The van der Waals surface area contributed by atoms with Crippen LogP contribution in [0.1, 0.15) is 44.2 Å². The second kappa shape index (κ2) is 10.2. The minimum atomic E-state index is -0.00809. The second-order valence-electron chi connectivity index (χ2n) is 7.94. The molecule has 0 aromatic heterocycles. The molecule has 0 unspecified atom stereocenters. The van der Waals surface area contributed by atoms with Crippen LogP contribution >= 0.6 is 0 Å². The second-order valence-corrected chi connectivity index (χ2v) is 7.94. The van der Waals surface area contributed by atoms with Crippen molar-refractivity contribution in [1.82, 2.24) is 10.2 Å². The van der Waals surface area contributed by atoms with Crippen molar-refractivity contribution in [2.45, 2.75) is 53.0 Å². The molecule has 0 atom stereocenters. The first kappa shape index (κ1) is 21.9. The summed E-state index contributed by atoms with van der Waals surface area (Å²) < 4.78 is 0. The number of nitrogens with one attached hydrogen (secondary N) is 1. The Hall–Kier alpha value is -2.39. The number of rotatable bonds is 7. The van der Waals surface area contributed by atoms with Gasteiger partial charge in [0, 0.05) is 37.3 Å². The molecule has 1 heterocycles. The molecule has 28 heavy (non-hydrogen) atoms. The monoisotopic (exact) mass is 384 g/mol. The molecule has 1 aromatic rings. The van der Waals surface area contributed by atoms with E-state index >= 15 is 0 Å². The summed E-state index contributed by atoms with van der Waals surface area (Å²) in [4.78, 5) is 28.7. The first-order valence-corrected chi connectivity index (χ1v) is 10.1. The number of carbonyl (C=O) groups is 2. The lowest BCUT2D eigenvalue weighted by atomic mass is 10.0. The van der Waals surface area contributed by atoms with Crippen LogP contribution in [0.25, 0.3) is 0 Å². The number of hydrogen-bond donors (Lipinski definition) is 1. The molecule has 1 saturated heterocycles. The Bertz CT molecular complexity index is 731. The summed E-state index contributed by atoms with van der Waals surface area (Å²) in [6, 6.07) is 8.30. The summed E-state index contributed by atoms with van der Waals surface area (Å²) in [6.45, 7) is 10.2. The number of piperidine rings is 1. The minimum Gasteiger partial charge on any atom is -0.353 e. The van der Waals surface area contributed by atoms with E-state index in [-0.39, 0.29) is 23.8 Å². The number of aryl methyl sites for hydroxylation is 2. The van der Waals surface area contributed by atoms with Crippen LogP contribution in [0.2, 0.25) is 0 Å². The van der Waals surface area contributed by atoms with Gasteiger partial charge in [-0.15, -0.1) is 0 Å². The zero-order valence-electron chi connectivity index (χ0n) is 17.5. The van der Waals surface area contributed by atoms with Gasteiger partial charge in [-0.3, -0.25) is 14.5 Å². The van der Waals surface area contributed by atoms with Crippen molar-refractivity contribution in [3.63, 3.8) is 0 Å². The number of hydrogen-bond acceptors (Lipinski definition) is 4. The van der Waals surface area contributed by atoms with Gasteiger partial charge in [-0.2, -0.15) is 5.26 Å². The summed E-state index contributed by atoms with van der Waals surface area (Å²) in [5.41, 5.74) is 3.17. The smallest absolute Gasteiger partial charge is 0.241 e. The van der Waals surface area contributed by atoms with E-state index < -0.39 is 0 Å². The molecule has 1 aromatic carbocycles. The summed E-state index contributed by atoms with van der Waals surface area (Å²) >= 11 is 0. The van der Waals surface area contributed by atoms with Gasteiger partial charge in [0.05, 0.1) is 19.0 Å². The first-order chi connectivity index (χ1) is 13.3. The Morgan fingerprint density at radius 1 is 1.25 bits per heavy atom. The zero-order chi connectivity index (χ0) is 20.7. The summed E-state index contributed by atoms with van der Waals surface area (Å²) in [5.74, 6) is 0.0985. The van der Waals surface area contributed by atoms with Gasteiger partial charge in [0.15, 0.2) is 0 Å². The van der Waals surface area contributed by atoms with Crippen molar-refractivity contribution in [1.29, 1.82) is 5.26 Å². The number of amides is 2. The van der Waals surface area contributed by atoms with E-state index in [1.807, 2.05) is 45.9 Å². The van der Waals surface area contributed by atoms with E-state index in [1.54, 1.807) is 4.90 Å². The maximum Gasteiger partial charge on any atom is 0.241 e. The van der Waals surface area contributed by atoms with E-state index in [9.17, 15) is 9.59 Å². The number of benzene rings is 1. The van der Waals surface area contributed by atoms with Gasteiger partial charge in [0.25, 0.3) is 0 Å². The number of nitriles is 1. The van der Waals surface area contributed by atoms with Crippen LogP contribution in [0.3, 0.4) is 0 Å². The average molecular weight is 385 g/mol. The molecule has 0 aliphatic carbocycles. The van der Waals surface area contributed by atoms with Crippen molar-refractivity contribution >= 4 is 17.5 Å². The summed E-state index contributed by atoms with van der Waals surface area (Å²) in [5, 5.41) is 12.1. The van der Waals surface area contributed by atoms with Crippen LogP contribution in [0.4, 0.5) is 5.69 Å². The van der Waals surface area contributed by atoms with Crippen molar-refractivity contribution in [2.24, 2.45) is 5.92 Å². The summed E-state index contributed by atoms with van der Waals surface area (Å²) in [7, 11) is 0. The van der Waals surface area contributed by atoms with Crippen LogP contribution in [-0.4, -0.2) is 48.9 Å². The van der Waals surface area contributed by atoms with E-state index in [0.29, 0.717) is 19.5 Å². The van der Waals surface area contributed by atoms with Gasteiger partial charge < -0.3 is 10.2 Å². The van der Waals surface area contributed by atoms with E-state index in [4.69, 9.17) is 5.26 Å². The highest BCUT2D eigenvalue weighted by Gasteiger charge is 2.25. The van der Waals surface area contributed by atoms with Crippen LogP contribution in [0.5, 0.6) is 0 Å². The fourth-order valence-corrected chi connectivity index (χ4v) is 3.33. The maximum absolute atomic E-state index is 13.0. The SMILES string of the molecule is Cc1ccc(N(CCC#N)C(=O)CN2CCC(NC(=O)C(C)C)CC2)cc1C. The highest BCUT2D eigenvalue weighted by molar-refractivity contribution is 5.95. The van der Waals surface area contributed by atoms with Crippen molar-refractivity contribution < 1.29 is 9.59 Å². The molecule has 6 nitrogen and oxygen atoms in total. The third-order valence-electron chi connectivity index (χ3n) is 5.37. The molecule has 1 aliphatic heterocycles. The highest BCUT2D eigenvalue weighted by atomic mass is 16.2. The van der Waals surface area contributed by atoms with E-state index in [0.717, 1.165) is 37.2 Å².